The second-order valence-corrected chi connectivity index (χ2v) is 8.58. The summed E-state index contributed by atoms with van der Waals surface area (Å²) >= 11 is 0. The quantitative estimate of drug-likeness (QED) is 0.403. The molecule has 1 atom stereocenters. The Morgan fingerprint density at radius 3 is 2.62 bits per heavy atom. The standard InChI is InChI=1S/C25H24BN5O/c1-16-15-22-23(20-13-12-17(2)28-25(20)32-22)29(4)26(16)31-18(3)30(19-9-6-5-7-10-19)21-11-8-14-27-24(21)31/h5-15,18H,1-4H3/t18-/m0/s1. The highest BCUT2D eigenvalue weighted by Crippen LogP contribution is 2.46. The van der Waals surface area contributed by atoms with Crippen LogP contribution >= 0.6 is 0 Å². The van der Waals surface area contributed by atoms with Crippen LogP contribution in [-0.4, -0.2) is 30.2 Å². The largest absolute Gasteiger partial charge is 0.436 e. The molecule has 0 spiro atoms. The van der Waals surface area contributed by atoms with Crippen LogP contribution in [-0.2, 0) is 0 Å². The van der Waals surface area contributed by atoms with Gasteiger partial charge in [-0.1, -0.05) is 23.7 Å². The molecule has 0 bridgehead atoms. The van der Waals surface area contributed by atoms with Gasteiger partial charge in [0, 0.05) is 17.6 Å². The number of para-hydroxylation sites is 1. The van der Waals surface area contributed by atoms with Gasteiger partial charge in [-0.2, -0.15) is 0 Å². The van der Waals surface area contributed by atoms with E-state index in [4.69, 9.17) is 9.40 Å². The first-order chi connectivity index (χ1) is 15.5. The molecule has 1 aromatic carbocycles. The molecule has 158 valence electrons. The maximum absolute atomic E-state index is 6.14. The number of aryl methyl sites for hydroxylation is 1. The first-order valence-corrected chi connectivity index (χ1v) is 10.9. The maximum atomic E-state index is 6.14. The normalized spacial score (nSPS) is 17.6. The van der Waals surface area contributed by atoms with Crippen LogP contribution in [0.15, 0.2) is 70.7 Å². The second-order valence-electron chi connectivity index (χ2n) is 8.58. The number of rotatable bonds is 2. The van der Waals surface area contributed by atoms with Gasteiger partial charge in [0.15, 0.2) is 5.76 Å². The second kappa shape index (κ2) is 6.89. The molecule has 0 saturated carbocycles. The van der Waals surface area contributed by atoms with Crippen molar-refractivity contribution in [3.05, 3.63) is 77.7 Å². The summed E-state index contributed by atoms with van der Waals surface area (Å²) in [7, 11) is 2.13. The lowest BCUT2D eigenvalue weighted by molar-refractivity contribution is 0.590. The van der Waals surface area contributed by atoms with E-state index in [1.54, 1.807) is 0 Å². The summed E-state index contributed by atoms with van der Waals surface area (Å²) in [6.07, 6.45) is 4.11. The van der Waals surface area contributed by atoms with Gasteiger partial charge in [0.05, 0.1) is 22.9 Å². The Kier molecular flexibility index (Phi) is 4.09. The van der Waals surface area contributed by atoms with Gasteiger partial charge in [-0.3, -0.25) is 0 Å². The molecular weight excluding hydrogens is 397 g/mol. The van der Waals surface area contributed by atoms with Gasteiger partial charge in [0.25, 0.3) is 0 Å². The summed E-state index contributed by atoms with van der Waals surface area (Å²) in [4.78, 5) is 16.5. The van der Waals surface area contributed by atoms with Crippen LogP contribution in [0.25, 0.3) is 17.2 Å². The highest BCUT2D eigenvalue weighted by atomic mass is 16.3. The number of allylic oxidation sites excluding steroid dienone is 1. The van der Waals surface area contributed by atoms with Gasteiger partial charge in [-0.25, -0.2) is 9.97 Å². The fraction of sp³-hybridized carbons (Fsp3) is 0.200. The predicted molar refractivity (Wildman–Crippen MR) is 131 cm³/mol. The number of fused-ring (bicyclic) bond motifs is 4. The Balaban J connectivity index is 1.49. The van der Waals surface area contributed by atoms with Crippen molar-refractivity contribution < 1.29 is 4.42 Å². The summed E-state index contributed by atoms with van der Waals surface area (Å²) in [5, 5.41) is 1.04. The molecule has 6 nitrogen and oxygen atoms in total. The number of furan rings is 1. The maximum Gasteiger partial charge on any atom is 0.409 e. The van der Waals surface area contributed by atoms with Gasteiger partial charge in [-0.15, -0.1) is 0 Å². The van der Waals surface area contributed by atoms with Crippen LogP contribution in [0.4, 0.5) is 22.9 Å². The molecule has 0 aliphatic carbocycles. The number of hydrogen-bond acceptors (Lipinski definition) is 6. The van der Waals surface area contributed by atoms with Crippen molar-refractivity contribution in [1.29, 1.82) is 0 Å². The lowest BCUT2D eigenvalue weighted by Gasteiger charge is -2.40. The zero-order chi connectivity index (χ0) is 22.0. The van der Waals surface area contributed by atoms with E-state index in [2.05, 4.69) is 88.9 Å². The predicted octanol–water partition coefficient (Wildman–Crippen LogP) is 5.42. The van der Waals surface area contributed by atoms with Crippen LogP contribution in [0.5, 0.6) is 0 Å². The van der Waals surface area contributed by atoms with E-state index in [9.17, 15) is 0 Å². The third-order valence-corrected chi connectivity index (χ3v) is 6.52. The number of hydrogen-bond donors (Lipinski definition) is 0. The molecule has 0 radical (unpaired) electrons. The van der Waals surface area contributed by atoms with Crippen molar-refractivity contribution in [3.63, 3.8) is 0 Å². The van der Waals surface area contributed by atoms with E-state index in [-0.39, 0.29) is 13.1 Å². The monoisotopic (exact) mass is 421 g/mol. The molecule has 7 heteroatoms. The number of nitrogens with zero attached hydrogens (tertiary/aromatic N) is 5. The van der Waals surface area contributed by atoms with Gasteiger partial charge in [-0.05, 0) is 70.3 Å². The summed E-state index contributed by atoms with van der Waals surface area (Å²) in [6.45, 7) is 6.39. The molecular formula is C25H24BN5O. The molecule has 0 fully saturated rings. The van der Waals surface area contributed by atoms with Crippen LogP contribution in [0, 0.1) is 6.92 Å². The molecule has 6 rings (SSSR count). The zero-order valence-corrected chi connectivity index (χ0v) is 18.6. The van der Waals surface area contributed by atoms with Crippen LogP contribution in [0.2, 0.25) is 0 Å². The van der Waals surface area contributed by atoms with Gasteiger partial charge in [0.2, 0.25) is 5.71 Å². The van der Waals surface area contributed by atoms with Crippen molar-refractivity contribution in [3.8, 4) is 0 Å². The van der Waals surface area contributed by atoms with Crippen molar-refractivity contribution in [1.82, 2.24) is 9.97 Å². The summed E-state index contributed by atoms with van der Waals surface area (Å²) in [5.74, 6) is 1.85. The lowest BCUT2D eigenvalue weighted by Crippen LogP contribution is -2.58. The lowest BCUT2D eigenvalue weighted by atomic mass is 9.61. The Morgan fingerprint density at radius 1 is 1.00 bits per heavy atom. The van der Waals surface area contributed by atoms with E-state index in [1.807, 2.05) is 25.3 Å². The van der Waals surface area contributed by atoms with E-state index in [0.29, 0.717) is 5.71 Å². The Labute approximate surface area is 187 Å². The number of benzene rings is 1. The molecule has 2 aliphatic heterocycles. The van der Waals surface area contributed by atoms with Gasteiger partial charge >= 0.3 is 6.98 Å². The summed E-state index contributed by atoms with van der Waals surface area (Å²) < 4.78 is 6.14. The minimum absolute atomic E-state index is 0.00182. The fourth-order valence-corrected chi connectivity index (χ4v) is 5.19. The molecule has 2 aliphatic rings. The van der Waals surface area contributed by atoms with Crippen molar-refractivity contribution in [2.75, 3.05) is 21.6 Å². The molecule has 3 aromatic heterocycles. The highest BCUT2D eigenvalue weighted by molar-refractivity contribution is 6.76. The van der Waals surface area contributed by atoms with Crippen molar-refractivity contribution in [2.24, 2.45) is 0 Å². The van der Waals surface area contributed by atoms with E-state index in [1.165, 1.54) is 5.47 Å². The first-order valence-electron chi connectivity index (χ1n) is 10.9. The average Bonchev–Trinajstić information content (AvgIpc) is 3.28. The van der Waals surface area contributed by atoms with Crippen molar-refractivity contribution in [2.45, 2.75) is 26.9 Å². The Hall–Kier alpha value is -3.74. The number of pyridine rings is 2. The smallest absolute Gasteiger partial charge is 0.409 e. The van der Waals surface area contributed by atoms with E-state index >= 15 is 0 Å². The van der Waals surface area contributed by atoms with Crippen LogP contribution < -0.4 is 14.5 Å². The summed E-state index contributed by atoms with van der Waals surface area (Å²) in [6, 6.07) is 18.8. The van der Waals surface area contributed by atoms with Gasteiger partial charge < -0.3 is 18.9 Å². The van der Waals surface area contributed by atoms with Gasteiger partial charge in [0.1, 0.15) is 5.82 Å². The molecule has 32 heavy (non-hydrogen) atoms. The SMILES string of the molecule is CC1=Cc2oc3nc(C)ccc3c2N(C)B1N1c2ncccc2N(c2ccccc2)[C@@H]1C. The highest BCUT2D eigenvalue weighted by Gasteiger charge is 2.46. The summed E-state index contributed by atoms with van der Waals surface area (Å²) in [5.41, 5.74) is 6.19. The molecule has 5 heterocycles. The zero-order valence-electron chi connectivity index (χ0n) is 18.6. The Bertz CT molecular complexity index is 1370. The third-order valence-electron chi connectivity index (χ3n) is 6.52. The topological polar surface area (TPSA) is 48.6 Å². The average molecular weight is 421 g/mol. The molecule has 0 unspecified atom stereocenters. The van der Waals surface area contributed by atoms with E-state index in [0.717, 1.165) is 39.7 Å². The molecule has 0 saturated heterocycles. The Morgan fingerprint density at radius 2 is 1.81 bits per heavy atom. The molecule has 0 N–H and O–H groups in total. The molecule has 4 aromatic rings. The number of anilines is 4. The van der Waals surface area contributed by atoms with Crippen molar-refractivity contribution >= 4 is 47.0 Å². The van der Waals surface area contributed by atoms with Crippen LogP contribution in [0.3, 0.4) is 0 Å². The third kappa shape index (κ3) is 2.60. The molecule has 0 amide bonds. The number of aromatic nitrogens is 2. The fourth-order valence-electron chi connectivity index (χ4n) is 5.19. The minimum atomic E-state index is 0.00182. The van der Waals surface area contributed by atoms with E-state index < -0.39 is 0 Å². The first kappa shape index (κ1) is 19.0. The van der Waals surface area contributed by atoms with Crippen LogP contribution in [0.1, 0.15) is 25.3 Å². The minimum Gasteiger partial charge on any atom is -0.436 e.